The summed E-state index contributed by atoms with van der Waals surface area (Å²) in [6.45, 7) is 0.243. The van der Waals surface area contributed by atoms with Crippen molar-refractivity contribution in [2.75, 3.05) is 20.8 Å². The van der Waals surface area contributed by atoms with E-state index in [4.69, 9.17) is 9.47 Å². The molecule has 0 aromatic heterocycles. The number of methoxy groups -OCH3 is 2. The summed E-state index contributed by atoms with van der Waals surface area (Å²) >= 11 is 0. The van der Waals surface area contributed by atoms with Gasteiger partial charge in [0.2, 0.25) is 5.91 Å². The Bertz CT molecular complexity index is 592. The van der Waals surface area contributed by atoms with E-state index in [2.05, 4.69) is 0 Å². The van der Waals surface area contributed by atoms with E-state index in [0.29, 0.717) is 5.56 Å². The molecule has 1 aliphatic heterocycles. The summed E-state index contributed by atoms with van der Waals surface area (Å²) in [6.07, 6.45) is 0.200. The summed E-state index contributed by atoms with van der Waals surface area (Å²) in [7, 11) is 2.86. The second-order valence-electron chi connectivity index (χ2n) is 5.43. The average molecular weight is 325 g/mol. The normalized spacial score (nSPS) is 20.6. The number of hydrogen-bond donors (Lipinski definition) is 1. The zero-order valence-corrected chi connectivity index (χ0v) is 13.1. The third-order valence-electron chi connectivity index (χ3n) is 4.07. The first-order valence-corrected chi connectivity index (χ1v) is 7.34. The number of benzene rings is 1. The Labute approximate surface area is 133 Å². The Morgan fingerprint density at radius 2 is 2.13 bits per heavy atom. The molecule has 1 aromatic rings. The van der Waals surface area contributed by atoms with E-state index in [-0.39, 0.29) is 43.6 Å². The molecule has 126 valence electrons. The van der Waals surface area contributed by atoms with Gasteiger partial charge in [-0.3, -0.25) is 4.79 Å². The monoisotopic (exact) mass is 325 g/mol. The molecular weight excluding hydrogens is 305 g/mol. The van der Waals surface area contributed by atoms with Crippen molar-refractivity contribution in [3.63, 3.8) is 0 Å². The van der Waals surface area contributed by atoms with Gasteiger partial charge in [0, 0.05) is 26.5 Å². The van der Waals surface area contributed by atoms with E-state index >= 15 is 0 Å². The maximum Gasteiger partial charge on any atom is 0.326 e. The molecule has 0 aliphatic carbocycles. The van der Waals surface area contributed by atoms with Gasteiger partial charge in [-0.25, -0.2) is 9.18 Å². The first-order valence-electron chi connectivity index (χ1n) is 7.34. The van der Waals surface area contributed by atoms with Gasteiger partial charge in [0.15, 0.2) is 11.6 Å². The van der Waals surface area contributed by atoms with Gasteiger partial charge in [0.05, 0.1) is 13.2 Å². The number of ether oxygens (including phenoxy) is 2. The number of rotatable bonds is 6. The van der Waals surface area contributed by atoms with Crippen LogP contribution in [-0.2, 0) is 20.7 Å². The molecule has 1 fully saturated rings. The highest BCUT2D eigenvalue weighted by Crippen LogP contribution is 2.24. The molecule has 7 heteroatoms. The van der Waals surface area contributed by atoms with Gasteiger partial charge >= 0.3 is 5.97 Å². The molecule has 1 aliphatic rings. The van der Waals surface area contributed by atoms with E-state index in [1.165, 1.54) is 25.2 Å². The first-order chi connectivity index (χ1) is 11.0. The fourth-order valence-electron chi connectivity index (χ4n) is 2.77. The fourth-order valence-corrected chi connectivity index (χ4v) is 2.77. The number of likely N-dealkylation sites (tertiary alicyclic amines) is 1. The summed E-state index contributed by atoms with van der Waals surface area (Å²) in [6, 6.07) is 3.85. The molecule has 2 unspecified atom stereocenters. The van der Waals surface area contributed by atoms with Gasteiger partial charge in [-0.05, 0) is 18.1 Å². The number of nitrogens with zero attached hydrogens (tertiary/aromatic N) is 1. The van der Waals surface area contributed by atoms with Gasteiger partial charge < -0.3 is 19.5 Å². The molecule has 0 saturated carbocycles. The van der Waals surface area contributed by atoms with Gasteiger partial charge in [0.25, 0.3) is 0 Å². The summed E-state index contributed by atoms with van der Waals surface area (Å²) in [4.78, 5) is 24.9. The van der Waals surface area contributed by atoms with E-state index in [1.54, 1.807) is 12.1 Å². The fraction of sp³-hybridized carbons (Fsp3) is 0.500. The van der Waals surface area contributed by atoms with Crippen molar-refractivity contribution in [2.45, 2.75) is 31.4 Å². The molecule has 1 heterocycles. The van der Waals surface area contributed by atoms with Crippen LogP contribution in [0.2, 0.25) is 0 Å². The van der Waals surface area contributed by atoms with Crippen molar-refractivity contribution in [3.8, 4) is 5.75 Å². The van der Waals surface area contributed by atoms with Crippen LogP contribution in [0.3, 0.4) is 0 Å². The van der Waals surface area contributed by atoms with Crippen molar-refractivity contribution >= 4 is 11.9 Å². The Kier molecular flexibility index (Phi) is 5.54. The van der Waals surface area contributed by atoms with Crippen LogP contribution in [0.4, 0.5) is 4.39 Å². The lowest BCUT2D eigenvalue weighted by Crippen LogP contribution is -2.40. The molecule has 1 aromatic carbocycles. The van der Waals surface area contributed by atoms with Gasteiger partial charge in [-0.1, -0.05) is 12.1 Å². The van der Waals surface area contributed by atoms with E-state index < -0.39 is 17.8 Å². The van der Waals surface area contributed by atoms with Crippen molar-refractivity contribution in [1.29, 1.82) is 0 Å². The largest absolute Gasteiger partial charge is 0.494 e. The quantitative estimate of drug-likeness (QED) is 0.857. The summed E-state index contributed by atoms with van der Waals surface area (Å²) < 4.78 is 24.1. The maximum absolute atomic E-state index is 14.1. The van der Waals surface area contributed by atoms with E-state index in [1.807, 2.05) is 0 Å². The summed E-state index contributed by atoms with van der Waals surface area (Å²) in [5, 5.41) is 9.22. The topological polar surface area (TPSA) is 76.1 Å². The van der Waals surface area contributed by atoms with Gasteiger partial charge in [-0.15, -0.1) is 0 Å². The van der Waals surface area contributed by atoms with Gasteiger partial charge in [-0.2, -0.15) is 0 Å². The highest BCUT2D eigenvalue weighted by Gasteiger charge is 2.39. The Morgan fingerprint density at radius 1 is 1.39 bits per heavy atom. The van der Waals surface area contributed by atoms with Crippen molar-refractivity contribution in [1.82, 2.24) is 4.90 Å². The molecule has 1 saturated heterocycles. The number of carboxylic acids is 1. The van der Waals surface area contributed by atoms with Crippen LogP contribution in [0.1, 0.15) is 18.4 Å². The predicted octanol–water partition coefficient (Wildman–Crippen LogP) is 1.47. The minimum atomic E-state index is -1.05. The minimum absolute atomic E-state index is 0.0320. The second kappa shape index (κ2) is 7.41. The number of aryl methyl sites for hydroxylation is 1. The van der Waals surface area contributed by atoms with Crippen LogP contribution in [0.5, 0.6) is 5.75 Å². The minimum Gasteiger partial charge on any atom is -0.494 e. The third kappa shape index (κ3) is 3.79. The number of carboxylic acid groups (broad SMARTS) is 1. The van der Waals surface area contributed by atoms with Crippen molar-refractivity contribution < 1.29 is 28.6 Å². The summed E-state index contributed by atoms with van der Waals surface area (Å²) in [5.41, 5.74) is 0.368. The number of carbonyl (C=O) groups excluding carboxylic acids is 1. The van der Waals surface area contributed by atoms with Crippen LogP contribution < -0.4 is 4.74 Å². The molecule has 1 N–H and O–H groups in total. The molecule has 1 amide bonds. The van der Waals surface area contributed by atoms with Crippen LogP contribution in [0.15, 0.2) is 18.2 Å². The van der Waals surface area contributed by atoms with Crippen LogP contribution >= 0.6 is 0 Å². The van der Waals surface area contributed by atoms with E-state index in [0.717, 1.165) is 0 Å². The molecule has 0 bridgehead atoms. The maximum atomic E-state index is 14.1. The van der Waals surface area contributed by atoms with Gasteiger partial charge in [0.1, 0.15) is 6.04 Å². The third-order valence-corrected chi connectivity index (χ3v) is 4.07. The molecule has 23 heavy (non-hydrogen) atoms. The van der Waals surface area contributed by atoms with Crippen LogP contribution in [0.25, 0.3) is 0 Å². The Balaban J connectivity index is 2.03. The Morgan fingerprint density at radius 3 is 2.74 bits per heavy atom. The van der Waals surface area contributed by atoms with Crippen LogP contribution in [-0.4, -0.2) is 54.8 Å². The molecular formula is C16H20FNO5. The second-order valence-corrected chi connectivity index (χ2v) is 5.43. The highest BCUT2D eigenvalue weighted by atomic mass is 19.1. The standard InChI is InChI=1S/C16H20FNO5/c1-22-11-8-12(16(20)21)18(9-11)14(19)7-6-10-4-3-5-13(23-2)15(10)17/h3-5,11-12H,6-9H2,1-2H3,(H,20,21). The molecule has 0 radical (unpaired) electrons. The number of aliphatic carboxylic acids is 1. The molecule has 2 atom stereocenters. The number of carbonyl (C=O) groups is 2. The number of hydrogen-bond acceptors (Lipinski definition) is 4. The SMILES string of the molecule is COc1cccc(CCC(=O)N2CC(OC)CC2C(=O)O)c1F. The van der Waals surface area contributed by atoms with Crippen LogP contribution in [0, 0.1) is 5.82 Å². The smallest absolute Gasteiger partial charge is 0.326 e. The number of halogens is 1. The zero-order chi connectivity index (χ0) is 17.0. The average Bonchev–Trinajstić information content (AvgIpc) is 2.98. The Hall–Kier alpha value is -2.15. The molecule has 2 rings (SSSR count). The number of amides is 1. The van der Waals surface area contributed by atoms with E-state index in [9.17, 15) is 19.1 Å². The molecule has 6 nitrogen and oxygen atoms in total. The zero-order valence-electron chi connectivity index (χ0n) is 13.1. The van der Waals surface area contributed by atoms with Crippen molar-refractivity contribution in [2.24, 2.45) is 0 Å². The first kappa shape index (κ1) is 17.2. The lowest BCUT2D eigenvalue weighted by Gasteiger charge is -2.21. The van der Waals surface area contributed by atoms with Crippen molar-refractivity contribution in [3.05, 3.63) is 29.6 Å². The molecule has 0 spiro atoms. The summed E-state index contributed by atoms with van der Waals surface area (Å²) in [5.74, 6) is -1.74. The predicted molar refractivity (Wildman–Crippen MR) is 79.8 cm³/mol. The highest BCUT2D eigenvalue weighted by molar-refractivity contribution is 5.84. The lowest BCUT2D eigenvalue weighted by molar-refractivity contribution is -0.148. The lowest BCUT2D eigenvalue weighted by atomic mass is 10.1.